The summed E-state index contributed by atoms with van der Waals surface area (Å²) in [7, 11) is 0. The zero-order chi connectivity index (χ0) is 16.4. The Morgan fingerprint density at radius 2 is 2.42 bits per heavy atom. The molecule has 0 aliphatic heterocycles. The van der Waals surface area contributed by atoms with Crippen molar-refractivity contribution in [3.8, 4) is 0 Å². The van der Waals surface area contributed by atoms with E-state index in [1.54, 1.807) is 17.6 Å². The number of rotatable bonds is 7. The number of carbonyl (C=O) groups excluding carboxylic acids is 1. The van der Waals surface area contributed by atoms with Crippen molar-refractivity contribution in [2.45, 2.75) is 13.0 Å². The van der Waals surface area contributed by atoms with E-state index in [0.29, 0.717) is 24.6 Å². The molecule has 0 aliphatic rings. The third-order valence-corrected chi connectivity index (χ3v) is 5.31. The second kappa shape index (κ2) is 6.76. The molecule has 4 aromatic rings. The molecule has 124 valence electrons. The number of nitrogens with one attached hydrogen (secondary N) is 1. The molecule has 0 aromatic carbocycles. The van der Waals surface area contributed by atoms with Gasteiger partial charge in [0, 0.05) is 24.7 Å². The van der Waals surface area contributed by atoms with Crippen LogP contribution in [0.5, 0.6) is 0 Å². The summed E-state index contributed by atoms with van der Waals surface area (Å²) in [6.45, 7) is 1.61. The van der Waals surface area contributed by atoms with E-state index >= 15 is 0 Å². The van der Waals surface area contributed by atoms with Crippen LogP contribution in [0.3, 0.4) is 0 Å². The maximum atomic E-state index is 12.2. The second-order valence-electron chi connectivity index (χ2n) is 5.21. The van der Waals surface area contributed by atoms with Gasteiger partial charge in [-0.05, 0) is 24.6 Å². The molecule has 8 heteroatoms. The number of imidazole rings is 1. The van der Waals surface area contributed by atoms with E-state index < -0.39 is 0 Å². The van der Waals surface area contributed by atoms with E-state index in [1.807, 2.05) is 34.2 Å². The van der Waals surface area contributed by atoms with E-state index in [1.165, 1.54) is 11.3 Å². The fraction of sp³-hybridized carbons (Fsp3) is 0.250. The summed E-state index contributed by atoms with van der Waals surface area (Å²) >= 11 is 3.01. The Balaban J connectivity index is 1.26. The Morgan fingerprint density at radius 3 is 3.29 bits per heavy atom. The van der Waals surface area contributed by atoms with E-state index in [-0.39, 0.29) is 5.91 Å². The van der Waals surface area contributed by atoms with Crippen molar-refractivity contribution in [3.63, 3.8) is 0 Å². The third-order valence-electron chi connectivity index (χ3n) is 3.54. The normalized spacial score (nSPS) is 11.5. The molecule has 24 heavy (non-hydrogen) atoms. The standard InChI is InChI=1S/C16H15N3O3S2/c20-14(17-4-2-6-21-10-11-3-1-7-22-11)13-9-12-15(24-13)18-16-19(12)5-8-23-16/h1,3,5,7-9H,2,4,6,10H2,(H,17,20). The molecule has 1 amide bonds. The molecule has 0 unspecified atom stereocenters. The Bertz CT molecular complexity index is 952. The van der Waals surface area contributed by atoms with Crippen LogP contribution in [-0.4, -0.2) is 28.4 Å². The number of hydrogen-bond acceptors (Lipinski definition) is 6. The Hall–Kier alpha value is -2.16. The fourth-order valence-electron chi connectivity index (χ4n) is 2.39. The van der Waals surface area contributed by atoms with Crippen LogP contribution in [0.4, 0.5) is 0 Å². The number of nitrogens with zero attached hydrogens (tertiary/aromatic N) is 2. The van der Waals surface area contributed by atoms with Gasteiger partial charge in [-0.1, -0.05) is 0 Å². The molecule has 0 bridgehead atoms. The lowest BCUT2D eigenvalue weighted by Gasteiger charge is -2.04. The molecule has 4 rings (SSSR count). The number of carbonyl (C=O) groups is 1. The molecule has 0 radical (unpaired) electrons. The fourth-order valence-corrected chi connectivity index (χ4v) is 4.11. The third kappa shape index (κ3) is 3.08. The van der Waals surface area contributed by atoms with Crippen LogP contribution in [0.25, 0.3) is 15.3 Å². The summed E-state index contributed by atoms with van der Waals surface area (Å²) in [5, 5.41) is 4.91. The van der Waals surface area contributed by atoms with Gasteiger partial charge >= 0.3 is 0 Å². The Labute approximate surface area is 145 Å². The largest absolute Gasteiger partial charge is 0.467 e. The molecule has 0 atom stereocenters. The molecule has 0 fully saturated rings. The molecule has 6 nitrogen and oxygen atoms in total. The van der Waals surface area contributed by atoms with Crippen LogP contribution in [0.1, 0.15) is 21.9 Å². The maximum Gasteiger partial charge on any atom is 0.261 e. The second-order valence-corrected chi connectivity index (χ2v) is 7.11. The number of thiazole rings is 1. The van der Waals surface area contributed by atoms with Crippen LogP contribution in [0, 0.1) is 0 Å². The number of fused-ring (bicyclic) bond motifs is 3. The van der Waals surface area contributed by atoms with Gasteiger partial charge in [0.05, 0.1) is 16.7 Å². The first-order valence-electron chi connectivity index (χ1n) is 7.55. The first kappa shape index (κ1) is 15.4. The maximum absolute atomic E-state index is 12.2. The van der Waals surface area contributed by atoms with E-state index in [9.17, 15) is 4.79 Å². The molecule has 4 heterocycles. The van der Waals surface area contributed by atoms with Gasteiger partial charge in [0.2, 0.25) is 0 Å². The zero-order valence-electron chi connectivity index (χ0n) is 12.7. The summed E-state index contributed by atoms with van der Waals surface area (Å²) in [5.41, 5.74) is 0.989. The van der Waals surface area contributed by atoms with E-state index in [0.717, 1.165) is 27.5 Å². The molecule has 1 N–H and O–H groups in total. The molecule has 4 aromatic heterocycles. The van der Waals surface area contributed by atoms with Gasteiger partial charge in [0.25, 0.3) is 5.91 Å². The van der Waals surface area contributed by atoms with Gasteiger partial charge in [-0.15, -0.1) is 22.7 Å². The summed E-state index contributed by atoms with van der Waals surface area (Å²) < 4.78 is 12.7. The molecular weight excluding hydrogens is 346 g/mol. The van der Waals surface area contributed by atoms with Crippen molar-refractivity contribution < 1.29 is 13.9 Å². The minimum absolute atomic E-state index is 0.0620. The lowest BCUT2D eigenvalue weighted by molar-refractivity contribution is 0.0920. The molecule has 0 saturated carbocycles. The van der Waals surface area contributed by atoms with Crippen molar-refractivity contribution in [3.05, 3.63) is 46.7 Å². The summed E-state index contributed by atoms with van der Waals surface area (Å²) in [6, 6.07) is 5.61. The number of ether oxygens (including phenoxy) is 1. The summed E-state index contributed by atoms with van der Waals surface area (Å²) in [6.07, 6.45) is 4.35. The van der Waals surface area contributed by atoms with Crippen molar-refractivity contribution in [1.82, 2.24) is 14.7 Å². The van der Waals surface area contributed by atoms with Crippen molar-refractivity contribution in [2.75, 3.05) is 13.2 Å². The Kier molecular flexibility index (Phi) is 4.33. The average molecular weight is 361 g/mol. The highest BCUT2D eigenvalue weighted by atomic mass is 32.1. The monoisotopic (exact) mass is 361 g/mol. The van der Waals surface area contributed by atoms with Crippen LogP contribution >= 0.6 is 22.7 Å². The van der Waals surface area contributed by atoms with Gasteiger partial charge in [0.15, 0.2) is 4.96 Å². The number of hydrogen-bond donors (Lipinski definition) is 1. The number of aromatic nitrogens is 2. The molecular formula is C16H15N3O3S2. The predicted octanol–water partition coefficient (Wildman–Crippen LogP) is 3.54. The van der Waals surface area contributed by atoms with Gasteiger partial charge in [-0.3, -0.25) is 9.20 Å². The summed E-state index contributed by atoms with van der Waals surface area (Å²) in [5.74, 6) is 0.745. The van der Waals surface area contributed by atoms with Gasteiger partial charge in [-0.25, -0.2) is 4.98 Å². The minimum atomic E-state index is -0.0620. The summed E-state index contributed by atoms with van der Waals surface area (Å²) in [4.78, 5) is 19.3. The van der Waals surface area contributed by atoms with Crippen LogP contribution in [0.2, 0.25) is 0 Å². The average Bonchev–Trinajstić information content (AvgIpc) is 3.31. The van der Waals surface area contributed by atoms with E-state index in [2.05, 4.69) is 10.3 Å². The number of thiophene rings is 1. The lowest BCUT2D eigenvalue weighted by Crippen LogP contribution is -2.24. The topological polar surface area (TPSA) is 68.8 Å². The number of amides is 1. The molecule has 0 spiro atoms. The van der Waals surface area contributed by atoms with Crippen LogP contribution < -0.4 is 5.32 Å². The van der Waals surface area contributed by atoms with Gasteiger partial charge in [-0.2, -0.15) is 0 Å². The minimum Gasteiger partial charge on any atom is -0.467 e. The van der Waals surface area contributed by atoms with Crippen LogP contribution in [-0.2, 0) is 11.3 Å². The van der Waals surface area contributed by atoms with Crippen molar-refractivity contribution in [1.29, 1.82) is 0 Å². The molecule has 0 saturated heterocycles. The number of furan rings is 1. The van der Waals surface area contributed by atoms with Crippen molar-refractivity contribution in [2.24, 2.45) is 0 Å². The first-order chi connectivity index (χ1) is 11.8. The quantitative estimate of drug-likeness (QED) is 0.511. The van der Waals surface area contributed by atoms with Gasteiger partial charge in [0.1, 0.15) is 17.2 Å². The SMILES string of the molecule is O=C(NCCCOCc1ccco1)c1cc2c(nc3sccn32)s1. The van der Waals surface area contributed by atoms with Crippen LogP contribution in [0.15, 0.2) is 40.5 Å². The predicted molar refractivity (Wildman–Crippen MR) is 93.8 cm³/mol. The van der Waals surface area contributed by atoms with E-state index in [4.69, 9.17) is 9.15 Å². The highest BCUT2D eigenvalue weighted by molar-refractivity contribution is 7.21. The smallest absolute Gasteiger partial charge is 0.261 e. The highest BCUT2D eigenvalue weighted by Gasteiger charge is 2.14. The highest BCUT2D eigenvalue weighted by Crippen LogP contribution is 2.28. The molecule has 0 aliphatic carbocycles. The van der Waals surface area contributed by atoms with Gasteiger partial charge < -0.3 is 14.5 Å². The first-order valence-corrected chi connectivity index (χ1v) is 9.24. The lowest BCUT2D eigenvalue weighted by atomic mass is 10.4. The zero-order valence-corrected chi connectivity index (χ0v) is 14.4. The van der Waals surface area contributed by atoms with Crippen molar-refractivity contribution >= 4 is 43.9 Å². The Morgan fingerprint density at radius 1 is 1.46 bits per heavy atom.